The standard InChI is InChI=1S/C14H21N/c1-10(2)11-4-6-12(7-5-11)14(15-3)13-8-9-13/h4-7,10,13-15H,8-9H2,1-3H3. The Labute approximate surface area is 92.9 Å². The Kier molecular flexibility index (Phi) is 3.11. The predicted octanol–water partition coefficient (Wildman–Crippen LogP) is 3.48. The fourth-order valence-corrected chi connectivity index (χ4v) is 2.19. The molecule has 1 aliphatic carbocycles. The van der Waals surface area contributed by atoms with Crippen molar-refractivity contribution in [2.75, 3.05) is 7.05 Å². The average molecular weight is 203 g/mol. The van der Waals surface area contributed by atoms with E-state index in [0.717, 1.165) is 5.92 Å². The van der Waals surface area contributed by atoms with Crippen molar-refractivity contribution in [2.24, 2.45) is 5.92 Å². The quantitative estimate of drug-likeness (QED) is 0.790. The largest absolute Gasteiger partial charge is 0.313 e. The molecule has 1 unspecified atom stereocenters. The molecule has 1 aromatic rings. The van der Waals surface area contributed by atoms with E-state index in [1.165, 1.54) is 24.0 Å². The summed E-state index contributed by atoms with van der Waals surface area (Å²) in [6.07, 6.45) is 2.77. The molecule has 0 radical (unpaired) electrons. The lowest BCUT2D eigenvalue weighted by molar-refractivity contribution is 0.528. The van der Waals surface area contributed by atoms with Gasteiger partial charge in [-0.2, -0.15) is 0 Å². The monoisotopic (exact) mass is 203 g/mol. The molecule has 1 aromatic carbocycles. The molecule has 82 valence electrons. The van der Waals surface area contributed by atoms with E-state index in [2.05, 4.69) is 50.5 Å². The number of rotatable bonds is 4. The van der Waals surface area contributed by atoms with Gasteiger partial charge in [0.05, 0.1) is 0 Å². The first-order valence-corrected chi connectivity index (χ1v) is 5.99. The molecule has 0 aromatic heterocycles. The van der Waals surface area contributed by atoms with Crippen molar-refractivity contribution in [1.82, 2.24) is 5.32 Å². The van der Waals surface area contributed by atoms with Crippen LogP contribution in [0.1, 0.15) is 49.8 Å². The van der Waals surface area contributed by atoms with Crippen LogP contribution in [0.5, 0.6) is 0 Å². The van der Waals surface area contributed by atoms with Gasteiger partial charge in [0, 0.05) is 6.04 Å². The second-order valence-electron chi connectivity index (χ2n) is 4.93. The highest BCUT2D eigenvalue weighted by Gasteiger charge is 2.30. The van der Waals surface area contributed by atoms with Crippen LogP contribution in [0.4, 0.5) is 0 Å². The molecule has 0 spiro atoms. The Balaban J connectivity index is 2.14. The van der Waals surface area contributed by atoms with E-state index >= 15 is 0 Å². The van der Waals surface area contributed by atoms with Gasteiger partial charge in [-0.15, -0.1) is 0 Å². The Morgan fingerprint density at radius 2 is 1.60 bits per heavy atom. The van der Waals surface area contributed by atoms with E-state index in [9.17, 15) is 0 Å². The van der Waals surface area contributed by atoms with Gasteiger partial charge in [-0.1, -0.05) is 38.1 Å². The van der Waals surface area contributed by atoms with Crippen molar-refractivity contribution in [1.29, 1.82) is 0 Å². The first-order valence-electron chi connectivity index (χ1n) is 5.99. The zero-order chi connectivity index (χ0) is 10.8. The average Bonchev–Trinajstić information content (AvgIpc) is 3.04. The summed E-state index contributed by atoms with van der Waals surface area (Å²) in [5.74, 6) is 1.51. The van der Waals surface area contributed by atoms with E-state index in [-0.39, 0.29) is 0 Å². The predicted molar refractivity (Wildman–Crippen MR) is 65.1 cm³/mol. The topological polar surface area (TPSA) is 12.0 Å². The lowest BCUT2D eigenvalue weighted by Gasteiger charge is -2.16. The molecule has 0 heterocycles. The minimum absolute atomic E-state index is 0.575. The van der Waals surface area contributed by atoms with Gasteiger partial charge in [0.1, 0.15) is 0 Å². The lowest BCUT2D eigenvalue weighted by atomic mass is 9.97. The van der Waals surface area contributed by atoms with Gasteiger partial charge in [0.25, 0.3) is 0 Å². The first-order chi connectivity index (χ1) is 7.22. The maximum absolute atomic E-state index is 3.43. The maximum atomic E-state index is 3.43. The highest BCUT2D eigenvalue weighted by molar-refractivity contribution is 5.27. The Morgan fingerprint density at radius 1 is 1.07 bits per heavy atom. The molecule has 0 saturated heterocycles. The summed E-state index contributed by atoms with van der Waals surface area (Å²) in [6, 6.07) is 9.69. The van der Waals surface area contributed by atoms with Gasteiger partial charge in [-0.05, 0) is 42.9 Å². The highest BCUT2D eigenvalue weighted by Crippen LogP contribution is 2.40. The zero-order valence-corrected chi connectivity index (χ0v) is 9.96. The Morgan fingerprint density at radius 3 is 2.00 bits per heavy atom. The van der Waals surface area contributed by atoms with Crippen LogP contribution in [0.15, 0.2) is 24.3 Å². The molecule has 1 fully saturated rings. The van der Waals surface area contributed by atoms with Crippen LogP contribution in [0.25, 0.3) is 0 Å². The lowest BCUT2D eigenvalue weighted by Crippen LogP contribution is -2.18. The number of benzene rings is 1. The third-order valence-electron chi connectivity index (χ3n) is 3.37. The second-order valence-corrected chi connectivity index (χ2v) is 4.93. The third kappa shape index (κ3) is 2.40. The SMILES string of the molecule is CNC(c1ccc(C(C)C)cc1)C1CC1. The number of nitrogens with one attached hydrogen (secondary N) is 1. The van der Waals surface area contributed by atoms with E-state index < -0.39 is 0 Å². The van der Waals surface area contributed by atoms with Crippen molar-refractivity contribution < 1.29 is 0 Å². The van der Waals surface area contributed by atoms with Gasteiger partial charge < -0.3 is 5.32 Å². The molecule has 15 heavy (non-hydrogen) atoms. The van der Waals surface area contributed by atoms with Crippen LogP contribution in [0.3, 0.4) is 0 Å². The van der Waals surface area contributed by atoms with Crippen molar-refractivity contribution >= 4 is 0 Å². The van der Waals surface area contributed by atoms with E-state index in [1.54, 1.807) is 0 Å². The fraction of sp³-hybridized carbons (Fsp3) is 0.571. The zero-order valence-electron chi connectivity index (χ0n) is 9.96. The van der Waals surface area contributed by atoms with E-state index in [1.807, 2.05) is 0 Å². The van der Waals surface area contributed by atoms with Crippen molar-refractivity contribution in [3.05, 3.63) is 35.4 Å². The molecule has 1 N–H and O–H groups in total. The maximum Gasteiger partial charge on any atom is 0.0346 e. The molecular weight excluding hydrogens is 182 g/mol. The molecule has 0 aliphatic heterocycles. The first kappa shape index (κ1) is 10.7. The van der Waals surface area contributed by atoms with Crippen molar-refractivity contribution in [3.63, 3.8) is 0 Å². The van der Waals surface area contributed by atoms with Crippen LogP contribution >= 0.6 is 0 Å². The minimum Gasteiger partial charge on any atom is -0.313 e. The van der Waals surface area contributed by atoms with Crippen LogP contribution < -0.4 is 5.32 Å². The highest BCUT2D eigenvalue weighted by atomic mass is 14.9. The number of hydrogen-bond acceptors (Lipinski definition) is 1. The summed E-state index contributed by atoms with van der Waals surface area (Å²) in [4.78, 5) is 0. The number of hydrogen-bond donors (Lipinski definition) is 1. The van der Waals surface area contributed by atoms with Gasteiger partial charge in [0.2, 0.25) is 0 Å². The molecule has 0 bridgehead atoms. The summed E-state index contributed by atoms with van der Waals surface area (Å²) in [5, 5.41) is 3.43. The molecule has 1 aliphatic rings. The van der Waals surface area contributed by atoms with Crippen LogP contribution in [-0.4, -0.2) is 7.05 Å². The third-order valence-corrected chi connectivity index (χ3v) is 3.37. The molecule has 1 saturated carbocycles. The fourth-order valence-electron chi connectivity index (χ4n) is 2.19. The van der Waals surface area contributed by atoms with Gasteiger partial charge >= 0.3 is 0 Å². The van der Waals surface area contributed by atoms with Crippen molar-refractivity contribution in [3.8, 4) is 0 Å². The van der Waals surface area contributed by atoms with E-state index in [0.29, 0.717) is 12.0 Å². The van der Waals surface area contributed by atoms with Gasteiger partial charge in [-0.3, -0.25) is 0 Å². The van der Waals surface area contributed by atoms with E-state index in [4.69, 9.17) is 0 Å². The summed E-state index contributed by atoms with van der Waals surface area (Å²) < 4.78 is 0. The molecule has 0 amide bonds. The summed E-state index contributed by atoms with van der Waals surface area (Å²) in [5.41, 5.74) is 2.88. The Hall–Kier alpha value is -0.820. The van der Waals surface area contributed by atoms with Crippen LogP contribution in [0, 0.1) is 5.92 Å². The van der Waals surface area contributed by atoms with Crippen molar-refractivity contribution in [2.45, 2.75) is 38.6 Å². The second kappa shape index (κ2) is 4.36. The minimum atomic E-state index is 0.575. The molecule has 1 heteroatoms. The molecule has 1 nitrogen and oxygen atoms in total. The summed E-state index contributed by atoms with van der Waals surface area (Å²) >= 11 is 0. The molecule has 1 atom stereocenters. The van der Waals surface area contributed by atoms with Crippen LogP contribution in [0.2, 0.25) is 0 Å². The molecule has 2 rings (SSSR count). The van der Waals surface area contributed by atoms with Gasteiger partial charge in [-0.25, -0.2) is 0 Å². The molecular formula is C14H21N. The normalized spacial score (nSPS) is 18.1. The van der Waals surface area contributed by atoms with Crippen LogP contribution in [-0.2, 0) is 0 Å². The Bertz CT molecular complexity index is 309. The smallest absolute Gasteiger partial charge is 0.0346 e. The summed E-state index contributed by atoms with van der Waals surface area (Å²) in [6.45, 7) is 4.48. The summed E-state index contributed by atoms with van der Waals surface area (Å²) in [7, 11) is 2.07. The van der Waals surface area contributed by atoms with Gasteiger partial charge in [0.15, 0.2) is 0 Å².